The second kappa shape index (κ2) is 23.9. The van der Waals surface area contributed by atoms with Crippen molar-refractivity contribution < 1.29 is 9.47 Å². The predicted molar refractivity (Wildman–Crippen MR) is 198 cm³/mol. The zero-order valence-electron chi connectivity index (χ0n) is 30.8. The Balaban J connectivity index is 4.44. The lowest BCUT2D eigenvalue weighted by Crippen LogP contribution is -2.21. The van der Waals surface area contributed by atoms with Crippen molar-refractivity contribution in [3.05, 3.63) is 106 Å². The van der Waals surface area contributed by atoms with Gasteiger partial charge in [0.15, 0.2) is 0 Å². The van der Waals surface area contributed by atoms with Crippen molar-refractivity contribution in [3.63, 3.8) is 0 Å². The van der Waals surface area contributed by atoms with E-state index in [1.54, 1.807) is 14.2 Å². The number of hydrogen-bond donors (Lipinski definition) is 0. The van der Waals surface area contributed by atoms with Gasteiger partial charge in [-0.05, 0) is 133 Å². The first kappa shape index (κ1) is 41.6. The fourth-order valence-electron chi connectivity index (χ4n) is 4.48. The molecule has 0 aromatic heterocycles. The van der Waals surface area contributed by atoms with Crippen molar-refractivity contribution >= 4 is 0 Å². The fourth-order valence-corrected chi connectivity index (χ4v) is 4.48. The Kier molecular flexibility index (Phi) is 22.6. The number of hydrogen-bond acceptors (Lipinski definition) is 2. The van der Waals surface area contributed by atoms with Gasteiger partial charge in [0.2, 0.25) is 0 Å². The van der Waals surface area contributed by atoms with E-state index in [4.69, 9.17) is 9.47 Å². The van der Waals surface area contributed by atoms with Crippen LogP contribution in [0, 0.1) is 0 Å². The van der Waals surface area contributed by atoms with Crippen molar-refractivity contribution in [3.8, 4) is 0 Å². The summed E-state index contributed by atoms with van der Waals surface area (Å²) in [6.45, 7) is 21.9. The highest BCUT2D eigenvalue weighted by Crippen LogP contribution is 2.20. The van der Waals surface area contributed by atoms with Crippen LogP contribution in [0.1, 0.15) is 133 Å². The first-order chi connectivity index (χ1) is 20.7. The van der Waals surface area contributed by atoms with Gasteiger partial charge in [-0.3, -0.25) is 0 Å². The second-order valence-corrected chi connectivity index (χ2v) is 13.8. The van der Waals surface area contributed by atoms with Crippen LogP contribution in [0.15, 0.2) is 106 Å². The van der Waals surface area contributed by atoms with Gasteiger partial charge in [-0.2, -0.15) is 0 Å². The molecular formula is C42H68O2. The molecule has 0 saturated heterocycles. The number of ether oxygens (including phenoxy) is 2. The molecular weight excluding hydrogens is 536 g/mol. The molecule has 2 heteroatoms. The van der Waals surface area contributed by atoms with Crippen molar-refractivity contribution in [1.29, 1.82) is 0 Å². The third-order valence-corrected chi connectivity index (χ3v) is 8.17. The van der Waals surface area contributed by atoms with E-state index in [1.165, 1.54) is 33.4 Å². The van der Waals surface area contributed by atoms with E-state index in [-0.39, 0.29) is 11.2 Å². The van der Waals surface area contributed by atoms with Crippen LogP contribution >= 0.6 is 0 Å². The molecule has 0 rings (SSSR count). The Hall–Kier alpha value is -2.42. The largest absolute Gasteiger partial charge is 0.379 e. The summed E-state index contributed by atoms with van der Waals surface area (Å²) in [6, 6.07) is 0. The minimum atomic E-state index is -0.0248. The molecule has 0 atom stereocenters. The molecule has 0 spiro atoms. The first-order valence-electron chi connectivity index (χ1n) is 16.8. The monoisotopic (exact) mass is 605 g/mol. The van der Waals surface area contributed by atoms with Crippen LogP contribution in [0.3, 0.4) is 0 Å². The molecule has 0 amide bonds. The summed E-state index contributed by atoms with van der Waals surface area (Å²) in [7, 11) is 3.59. The zero-order chi connectivity index (χ0) is 33.4. The zero-order valence-corrected chi connectivity index (χ0v) is 30.8. The Morgan fingerprint density at radius 1 is 0.477 bits per heavy atom. The highest BCUT2D eigenvalue weighted by Gasteiger charge is 2.15. The molecule has 248 valence electrons. The SMILES string of the molecule is COC(C)(C)CCC/C(C)=C/C=C/C(C)=C/CC/C(C)=C/C=C\C=C(/C)CC/C=C(C)/C=C/C=C(\C)CCCC(C)(C)OC. The molecule has 0 radical (unpaired) electrons. The van der Waals surface area contributed by atoms with Gasteiger partial charge in [0.05, 0.1) is 11.2 Å². The van der Waals surface area contributed by atoms with Crippen molar-refractivity contribution in [2.45, 2.75) is 145 Å². The van der Waals surface area contributed by atoms with Gasteiger partial charge in [0, 0.05) is 14.2 Å². The summed E-state index contributed by atoms with van der Waals surface area (Å²) >= 11 is 0. The smallest absolute Gasteiger partial charge is 0.0622 e. The summed E-state index contributed by atoms with van der Waals surface area (Å²) in [5, 5.41) is 0. The third kappa shape index (κ3) is 25.0. The summed E-state index contributed by atoms with van der Waals surface area (Å²) in [4.78, 5) is 0. The average molecular weight is 605 g/mol. The Bertz CT molecular complexity index is 991. The minimum Gasteiger partial charge on any atom is -0.379 e. The molecule has 0 unspecified atom stereocenters. The van der Waals surface area contributed by atoms with Gasteiger partial charge < -0.3 is 9.47 Å². The maximum absolute atomic E-state index is 5.51. The van der Waals surface area contributed by atoms with Crippen LogP contribution in [0.4, 0.5) is 0 Å². The number of rotatable bonds is 22. The molecule has 0 aromatic carbocycles. The highest BCUT2D eigenvalue weighted by molar-refractivity contribution is 5.24. The molecule has 0 bridgehead atoms. The van der Waals surface area contributed by atoms with E-state index >= 15 is 0 Å². The maximum atomic E-state index is 5.51. The molecule has 0 aliphatic carbocycles. The van der Waals surface area contributed by atoms with Gasteiger partial charge in [-0.15, -0.1) is 0 Å². The summed E-state index contributed by atoms with van der Waals surface area (Å²) < 4.78 is 11.0. The van der Waals surface area contributed by atoms with Gasteiger partial charge in [-0.25, -0.2) is 0 Å². The summed E-state index contributed by atoms with van der Waals surface area (Å²) in [5.41, 5.74) is 8.24. The lowest BCUT2D eigenvalue weighted by molar-refractivity contribution is 0.0137. The molecule has 0 saturated carbocycles. The van der Waals surface area contributed by atoms with Crippen molar-refractivity contribution in [1.82, 2.24) is 0 Å². The molecule has 0 heterocycles. The van der Waals surface area contributed by atoms with Gasteiger partial charge in [-0.1, -0.05) is 106 Å². The first-order valence-corrected chi connectivity index (χ1v) is 16.8. The van der Waals surface area contributed by atoms with Crippen LogP contribution in [0.2, 0.25) is 0 Å². The van der Waals surface area contributed by atoms with E-state index in [9.17, 15) is 0 Å². The quantitative estimate of drug-likeness (QED) is 0.114. The molecule has 0 aliphatic rings. The molecule has 44 heavy (non-hydrogen) atoms. The van der Waals surface area contributed by atoms with E-state index in [0.717, 1.165) is 64.2 Å². The standard InChI is InChI=1S/C42H68O2/c1-35(23-15-25-37(3)27-17-29-39(5)31-19-33-41(7,8)43-11)21-13-14-22-36(2)24-16-26-38(4)28-18-30-40(6)32-20-34-42(9,10)44-12/h13-14,17-18,21-22,25-30H,15-16,19-20,23-24,31-34H2,1-12H3/b14-13-,27-17+,28-18+,35-21+,36-22+,37-25+,38-26+,39-29+,40-30+. The average Bonchev–Trinajstić information content (AvgIpc) is 2.95. The normalized spacial score (nSPS) is 15.5. The van der Waals surface area contributed by atoms with Gasteiger partial charge in [0.1, 0.15) is 0 Å². The van der Waals surface area contributed by atoms with Crippen LogP contribution in [0.5, 0.6) is 0 Å². The Morgan fingerprint density at radius 2 is 0.795 bits per heavy atom. The van der Waals surface area contributed by atoms with Crippen LogP contribution < -0.4 is 0 Å². The fraction of sp³-hybridized carbons (Fsp3) is 0.571. The highest BCUT2D eigenvalue weighted by atomic mass is 16.5. The summed E-state index contributed by atoms with van der Waals surface area (Å²) in [6.07, 6.45) is 37.8. The van der Waals surface area contributed by atoms with Crippen molar-refractivity contribution in [2.24, 2.45) is 0 Å². The minimum absolute atomic E-state index is 0.0248. The lowest BCUT2D eigenvalue weighted by atomic mass is 9.99. The van der Waals surface area contributed by atoms with E-state index in [0.29, 0.717) is 0 Å². The van der Waals surface area contributed by atoms with E-state index < -0.39 is 0 Å². The number of allylic oxidation sites excluding steroid dienone is 18. The molecule has 0 aromatic rings. The van der Waals surface area contributed by atoms with Gasteiger partial charge in [0.25, 0.3) is 0 Å². The topological polar surface area (TPSA) is 18.5 Å². The van der Waals surface area contributed by atoms with Crippen molar-refractivity contribution in [2.75, 3.05) is 14.2 Å². The molecule has 0 fully saturated rings. The van der Waals surface area contributed by atoms with E-state index in [1.807, 2.05) is 0 Å². The maximum Gasteiger partial charge on any atom is 0.0622 e. The summed E-state index contributed by atoms with van der Waals surface area (Å²) in [5.74, 6) is 0. The Labute approximate surface area is 274 Å². The molecule has 0 N–H and O–H groups in total. The van der Waals surface area contributed by atoms with E-state index in [2.05, 4.69) is 142 Å². The van der Waals surface area contributed by atoms with Crippen LogP contribution in [0.25, 0.3) is 0 Å². The predicted octanol–water partition coefficient (Wildman–Crippen LogP) is 13.1. The molecule has 0 aliphatic heterocycles. The molecule has 2 nitrogen and oxygen atoms in total. The number of methoxy groups -OCH3 is 2. The third-order valence-electron chi connectivity index (χ3n) is 8.17. The van der Waals surface area contributed by atoms with Gasteiger partial charge >= 0.3 is 0 Å². The lowest BCUT2D eigenvalue weighted by Gasteiger charge is -2.22. The Morgan fingerprint density at radius 3 is 1.14 bits per heavy atom. The second-order valence-electron chi connectivity index (χ2n) is 13.8. The van der Waals surface area contributed by atoms with Crippen LogP contribution in [-0.2, 0) is 9.47 Å². The van der Waals surface area contributed by atoms with Crippen LogP contribution in [-0.4, -0.2) is 25.4 Å².